The molecular formula is C44H61N5O11. The number of Topliss-reactive ketones (excluding diaryl/α,β-unsaturated/α-hetero) is 2. The molecule has 13 atom stereocenters. The van der Waals surface area contributed by atoms with Crippen LogP contribution < -0.4 is 10.6 Å². The number of nitrogens with one attached hydrogen (secondary N) is 2. The summed E-state index contributed by atoms with van der Waals surface area (Å²) in [7, 11) is 3.65. The zero-order valence-electron chi connectivity index (χ0n) is 36.2. The highest BCUT2D eigenvalue weighted by molar-refractivity contribution is 6.00. The normalized spacial score (nSPS) is 35.6. The molecule has 16 heteroatoms. The number of rotatable bonds is 9. The van der Waals surface area contributed by atoms with Crippen LogP contribution in [0.25, 0.3) is 17.3 Å². The largest absolute Gasteiger partial charge is 0.458 e. The van der Waals surface area contributed by atoms with Crippen LogP contribution in [0, 0.1) is 23.7 Å². The molecule has 2 aromatic rings. The van der Waals surface area contributed by atoms with Crippen molar-refractivity contribution in [3.63, 3.8) is 0 Å². The maximum absolute atomic E-state index is 14.4. The van der Waals surface area contributed by atoms with Crippen molar-refractivity contribution in [3.8, 4) is 11.3 Å². The van der Waals surface area contributed by atoms with Crippen molar-refractivity contribution in [3.05, 3.63) is 54.5 Å². The van der Waals surface area contributed by atoms with Gasteiger partial charge in [-0.1, -0.05) is 64.1 Å². The summed E-state index contributed by atoms with van der Waals surface area (Å²) in [4.78, 5) is 79.5. The number of cyclic esters (lactones) is 1. The molecule has 3 aliphatic rings. The Hall–Kier alpha value is -4.77. The number of aliphatic hydroxyl groups is 1. The van der Waals surface area contributed by atoms with Gasteiger partial charge in [-0.2, -0.15) is 0 Å². The molecule has 4 heterocycles. The van der Waals surface area contributed by atoms with Gasteiger partial charge in [0.2, 0.25) is 0 Å². The Bertz CT molecular complexity index is 1880. The van der Waals surface area contributed by atoms with Crippen LogP contribution in [0.1, 0.15) is 80.2 Å². The number of likely N-dealkylation sites (N-methyl/N-ethyl adjacent to an activating group) is 1. The fourth-order valence-corrected chi connectivity index (χ4v) is 8.88. The predicted molar refractivity (Wildman–Crippen MR) is 220 cm³/mol. The Morgan fingerprint density at radius 2 is 1.73 bits per heavy atom. The summed E-state index contributed by atoms with van der Waals surface area (Å²) in [5.41, 5.74) is -0.687. The van der Waals surface area contributed by atoms with E-state index in [-0.39, 0.29) is 37.3 Å². The maximum atomic E-state index is 14.4. The third-order valence-electron chi connectivity index (χ3n) is 12.2. The number of esters is 1. The smallest absolute Gasteiger partial charge is 0.408 e. The number of ketones is 2. The maximum Gasteiger partial charge on any atom is 0.408 e. The Morgan fingerprint density at radius 3 is 2.37 bits per heavy atom. The van der Waals surface area contributed by atoms with Crippen LogP contribution in [-0.2, 0) is 38.1 Å². The van der Waals surface area contributed by atoms with Crippen LogP contribution >= 0.6 is 0 Å². The van der Waals surface area contributed by atoms with E-state index in [9.17, 15) is 29.1 Å². The summed E-state index contributed by atoms with van der Waals surface area (Å²) in [5.74, 6) is -5.97. The molecule has 16 nitrogen and oxygen atoms in total. The molecule has 2 amide bonds. The van der Waals surface area contributed by atoms with E-state index >= 15 is 0 Å². The van der Waals surface area contributed by atoms with Gasteiger partial charge in [0.1, 0.15) is 35.6 Å². The highest BCUT2D eigenvalue weighted by Gasteiger charge is 2.57. The van der Waals surface area contributed by atoms with E-state index in [2.05, 4.69) is 20.6 Å². The number of aromatic nitrogens is 2. The fraction of sp³-hybridized carbons (Fsp3) is 0.614. The molecule has 60 heavy (non-hydrogen) atoms. The third-order valence-corrected chi connectivity index (χ3v) is 12.2. The molecule has 1 aromatic heterocycles. The summed E-state index contributed by atoms with van der Waals surface area (Å²) in [6.45, 7) is 13.1. The number of fused-ring (bicyclic) bond motifs is 1. The van der Waals surface area contributed by atoms with E-state index in [0.29, 0.717) is 6.42 Å². The molecule has 5 rings (SSSR count). The van der Waals surface area contributed by atoms with Gasteiger partial charge in [-0.15, -0.1) is 0 Å². The van der Waals surface area contributed by atoms with Crippen molar-refractivity contribution in [1.29, 1.82) is 0 Å². The summed E-state index contributed by atoms with van der Waals surface area (Å²) in [5, 5.41) is 17.1. The second-order valence-electron chi connectivity index (χ2n) is 17.1. The lowest BCUT2D eigenvalue weighted by molar-refractivity contribution is -0.292. The van der Waals surface area contributed by atoms with Gasteiger partial charge in [0.15, 0.2) is 17.7 Å². The molecule has 0 radical (unpaired) electrons. The van der Waals surface area contributed by atoms with Crippen LogP contribution in [0.3, 0.4) is 0 Å². The first kappa shape index (κ1) is 46.3. The van der Waals surface area contributed by atoms with Gasteiger partial charge in [-0.25, -0.2) is 9.59 Å². The highest BCUT2D eigenvalue weighted by Crippen LogP contribution is 2.40. The summed E-state index contributed by atoms with van der Waals surface area (Å²) >= 11 is 0. The quantitative estimate of drug-likeness (QED) is 0.178. The van der Waals surface area contributed by atoms with E-state index in [1.54, 1.807) is 66.2 Å². The Kier molecular flexibility index (Phi) is 14.9. The molecule has 3 aliphatic heterocycles. The van der Waals surface area contributed by atoms with Crippen molar-refractivity contribution in [1.82, 2.24) is 25.5 Å². The topological polar surface area (TPSA) is 205 Å². The molecule has 1 aromatic carbocycles. The highest BCUT2D eigenvalue weighted by atomic mass is 16.7. The predicted octanol–water partition coefficient (Wildman–Crippen LogP) is 4.73. The lowest BCUT2D eigenvalue weighted by Gasteiger charge is -2.47. The summed E-state index contributed by atoms with van der Waals surface area (Å²) in [6.07, 6.45) is 2.24. The monoisotopic (exact) mass is 835 g/mol. The number of carbonyl (C=O) groups is 5. The van der Waals surface area contributed by atoms with Crippen LogP contribution in [0.4, 0.5) is 9.59 Å². The fourth-order valence-electron chi connectivity index (χ4n) is 8.88. The lowest BCUT2D eigenvalue weighted by Crippen LogP contribution is -2.60. The molecular weight excluding hydrogens is 775 g/mol. The van der Waals surface area contributed by atoms with Crippen LogP contribution in [0.15, 0.2) is 48.9 Å². The van der Waals surface area contributed by atoms with Gasteiger partial charge >= 0.3 is 18.2 Å². The van der Waals surface area contributed by atoms with Gasteiger partial charge < -0.3 is 44.3 Å². The third kappa shape index (κ3) is 10.2. The summed E-state index contributed by atoms with van der Waals surface area (Å²) in [6, 6.07) is 6.35. The molecule has 328 valence electrons. The van der Waals surface area contributed by atoms with E-state index in [4.69, 9.17) is 23.7 Å². The number of nitrogens with zero attached hydrogens (tertiary/aromatic N) is 3. The molecule has 3 fully saturated rings. The first-order chi connectivity index (χ1) is 28.3. The van der Waals surface area contributed by atoms with Crippen LogP contribution in [0.5, 0.6) is 0 Å². The van der Waals surface area contributed by atoms with Crippen molar-refractivity contribution in [2.24, 2.45) is 23.7 Å². The van der Waals surface area contributed by atoms with E-state index in [1.165, 1.54) is 6.92 Å². The zero-order valence-corrected chi connectivity index (χ0v) is 36.2. The van der Waals surface area contributed by atoms with Crippen molar-refractivity contribution >= 4 is 35.8 Å². The minimum atomic E-state index is -1.75. The number of hydrogen-bond acceptors (Lipinski definition) is 14. The molecule has 3 saturated heterocycles. The number of benzene rings is 1. The van der Waals surface area contributed by atoms with Gasteiger partial charge in [0.05, 0.1) is 24.0 Å². The van der Waals surface area contributed by atoms with Crippen molar-refractivity contribution in [2.45, 2.75) is 129 Å². The first-order valence-corrected chi connectivity index (χ1v) is 20.7. The molecule has 0 aliphatic carbocycles. The van der Waals surface area contributed by atoms with Crippen molar-refractivity contribution < 1.29 is 52.8 Å². The van der Waals surface area contributed by atoms with E-state index < -0.39 is 89.5 Å². The number of aliphatic hydroxyl groups excluding tert-OH is 1. The number of amides is 2. The summed E-state index contributed by atoms with van der Waals surface area (Å²) < 4.78 is 30.7. The van der Waals surface area contributed by atoms with Crippen LogP contribution in [0.2, 0.25) is 0 Å². The van der Waals surface area contributed by atoms with Gasteiger partial charge in [-0.3, -0.25) is 24.4 Å². The molecule has 1 unspecified atom stereocenters. The molecule has 0 saturated carbocycles. The number of alkyl carbamates (subject to hydrolysis) is 2. The molecule has 0 bridgehead atoms. The first-order valence-electron chi connectivity index (χ1n) is 20.7. The van der Waals surface area contributed by atoms with E-state index in [1.807, 2.05) is 56.3 Å². The number of hydrogen-bond donors (Lipinski definition) is 3. The molecule has 3 N–H and O–H groups in total. The minimum absolute atomic E-state index is 0.0558. The Morgan fingerprint density at radius 1 is 1.03 bits per heavy atom. The number of ether oxygens (including phenoxy) is 5. The lowest BCUT2D eigenvalue weighted by atomic mass is 9.73. The average molecular weight is 836 g/mol. The second-order valence-corrected chi connectivity index (χ2v) is 17.1. The van der Waals surface area contributed by atoms with Gasteiger partial charge in [0.25, 0.3) is 0 Å². The van der Waals surface area contributed by atoms with Gasteiger partial charge in [0, 0.05) is 48.3 Å². The van der Waals surface area contributed by atoms with Crippen LogP contribution in [-0.4, -0.2) is 124 Å². The zero-order chi connectivity index (χ0) is 44.1. The average Bonchev–Trinajstić information content (AvgIpc) is 3.53. The van der Waals surface area contributed by atoms with E-state index in [0.717, 1.165) is 16.8 Å². The number of carbonyl (C=O) groups excluding carboxylic acids is 5. The Balaban J connectivity index is 1.48. The minimum Gasteiger partial charge on any atom is -0.458 e. The standard InChI is InChI=1S/C44H61N5O11/c1-11-33-44(8)37(48-42(55)60-44)26(4)34(50)24(2)22-43(7,59-41(54)47-18-12-13-29-14-16-30(17-15-29)31-23-45-19-20-46-31)38(27(5)35(51)28(6)39(53)57-33)58-40-36(52)32(49(9)10)21-25(3)56-40/h12-17,19-20,23-28,32-33,36-38,40,52H,11,18,21-22H2,1-10H3,(H,47,54)(H,48,55)/b13-12+/t24-,25-,26+,27+,28-,32+,33-,36-,37+,38-,40+,43?,44-/m1/s1. The van der Waals surface area contributed by atoms with Gasteiger partial charge in [-0.05, 0) is 66.6 Å². The SMILES string of the molecule is CC[C@H]1OC(=O)[C@H](C)C(=O)[C@H](C)[C@@H](O[C@@H]2O[C@H](C)C[C@H](N(C)C)[C@H]2O)C(C)(OC(=O)NC/C=C/c2ccc(-c3cnccn3)cc2)C[C@@H](C)C(=O)[C@H](C)[C@@H]2NC(=O)O[C@]12C. The Labute approximate surface area is 352 Å². The molecule has 0 spiro atoms. The van der Waals surface area contributed by atoms with Crippen molar-refractivity contribution in [2.75, 3.05) is 20.6 Å². The second kappa shape index (κ2) is 19.3.